The van der Waals surface area contributed by atoms with Crippen LogP contribution in [0.1, 0.15) is 44.9 Å². The molecule has 1 fully saturated rings. The number of aromatic nitrogens is 4. The molecule has 0 aliphatic carbocycles. The highest BCUT2D eigenvalue weighted by molar-refractivity contribution is 7.90. The number of ether oxygens (including phenoxy) is 1. The standard InChI is InChI=1S/C33H33F3N6O5S/c1-20-26(19-46-40-20)21-12-13-24-25(18-42(28(24)15-21)48(44,45)23-10-6-5-7-11-23)29-27(33(34,35)36)16-37-30(39-29)38-22-9-8-14-41(17-22)31(43)47-32(2,3)4/h5-7,10-13,15-16,18-19,22H,8-9,14,17H2,1-4H3,(H,37,38,39)/t22-/m0/s1. The van der Waals surface area contributed by atoms with Crippen molar-refractivity contribution in [3.05, 3.63) is 78.4 Å². The Morgan fingerprint density at radius 3 is 2.50 bits per heavy atom. The van der Waals surface area contributed by atoms with E-state index < -0.39 is 39.2 Å². The first-order chi connectivity index (χ1) is 22.6. The van der Waals surface area contributed by atoms with Gasteiger partial charge in [-0.1, -0.05) is 35.5 Å². The van der Waals surface area contributed by atoms with Gasteiger partial charge in [0, 0.05) is 48.0 Å². The number of anilines is 1. The lowest BCUT2D eigenvalue weighted by Gasteiger charge is -2.34. The normalized spacial score (nSPS) is 15.9. The second kappa shape index (κ2) is 12.3. The Morgan fingerprint density at radius 2 is 1.83 bits per heavy atom. The van der Waals surface area contributed by atoms with Crippen molar-refractivity contribution < 1.29 is 35.6 Å². The van der Waals surface area contributed by atoms with Crippen molar-refractivity contribution >= 4 is 33.0 Å². The van der Waals surface area contributed by atoms with Gasteiger partial charge in [-0.2, -0.15) is 13.2 Å². The molecule has 2 aromatic carbocycles. The lowest BCUT2D eigenvalue weighted by molar-refractivity contribution is -0.137. The number of rotatable bonds is 6. The number of piperidine rings is 1. The van der Waals surface area contributed by atoms with Gasteiger partial charge in [-0.25, -0.2) is 27.2 Å². The van der Waals surface area contributed by atoms with E-state index in [2.05, 4.69) is 20.4 Å². The van der Waals surface area contributed by atoms with Crippen LogP contribution in [0.15, 0.2) is 76.6 Å². The van der Waals surface area contributed by atoms with Crippen LogP contribution in [-0.2, 0) is 20.9 Å². The number of alkyl halides is 3. The van der Waals surface area contributed by atoms with Crippen LogP contribution in [0.25, 0.3) is 33.3 Å². The van der Waals surface area contributed by atoms with E-state index in [1.54, 1.807) is 64.1 Å². The van der Waals surface area contributed by atoms with Gasteiger partial charge in [-0.05, 0) is 64.3 Å². The van der Waals surface area contributed by atoms with Crippen molar-refractivity contribution in [2.24, 2.45) is 0 Å². The minimum Gasteiger partial charge on any atom is -0.444 e. The first kappa shape index (κ1) is 33.0. The van der Waals surface area contributed by atoms with Gasteiger partial charge in [0.1, 0.15) is 17.4 Å². The highest BCUT2D eigenvalue weighted by atomic mass is 32.2. The zero-order valence-corrected chi connectivity index (χ0v) is 27.4. The Morgan fingerprint density at radius 1 is 1.08 bits per heavy atom. The molecular weight excluding hydrogens is 649 g/mol. The molecule has 11 nitrogen and oxygen atoms in total. The van der Waals surface area contributed by atoms with E-state index in [9.17, 15) is 26.4 Å². The van der Waals surface area contributed by atoms with Crippen molar-refractivity contribution in [1.29, 1.82) is 0 Å². The molecule has 1 amide bonds. The molecule has 1 saturated heterocycles. The lowest BCUT2D eigenvalue weighted by Crippen LogP contribution is -2.47. The summed E-state index contributed by atoms with van der Waals surface area (Å²) >= 11 is 0. The minimum atomic E-state index is -4.86. The molecule has 0 unspecified atom stereocenters. The number of amides is 1. The number of hydrogen-bond acceptors (Lipinski definition) is 9. The maximum atomic E-state index is 14.5. The fourth-order valence-electron chi connectivity index (χ4n) is 5.66. The number of likely N-dealkylation sites (tertiary alicyclic amines) is 1. The van der Waals surface area contributed by atoms with Crippen LogP contribution in [0, 0.1) is 6.92 Å². The van der Waals surface area contributed by atoms with E-state index in [0.29, 0.717) is 42.4 Å². The molecule has 6 rings (SSSR count). The van der Waals surface area contributed by atoms with Gasteiger partial charge in [0.05, 0.1) is 21.8 Å². The number of hydrogen-bond donors (Lipinski definition) is 1. The molecule has 0 radical (unpaired) electrons. The molecule has 4 heterocycles. The molecular formula is C33H33F3N6O5S. The Hall–Kier alpha value is -4.92. The number of carbonyl (C=O) groups excluding carboxylic acids is 1. The number of benzene rings is 2. The highest BCUT2D eigenvalue weighted by Gasteiger charge is 2.37. The number of carbonyl (C=O) groups is 1. The van der Waals surface area contributed by atoms with Crippen molar-refractivity contribution in [2.45, 2.75) is 63.3 Å². The number of aryl methyl sites for hydroxylation is 1. The molecule has 1 atom stereocenters. The monoisotopic (exact) mass is 682 g/mol. The van der Waals surface area contributed by atoms with Crippen molar-refractivity contribution in [2.75, 3.05) is 18.4 Å². The fourth-order valence-corrected chi connectivity index (χ4v) is 7.05. The molecule has 5 aromatic rings. The Kier molecular flexibility index (Phi) is 8.43. The summed E-state index contributed by atoms with van der Waals surface area (Å²) in [6, 6.07) is 12.0. The molecule has 0 saturated carbocycles. The largest absolute Gasteiger partial charge is 0.444 e. The second-order valence-corrected chi connectivity index (χ2v) is 14.4. The predicted octanol–water partition coefficient (Wildman–Crippen LogP) is 7.13. The van der Waals surface area contributed by atoms with Gasteiger partial charge in [0.2, 0.25) is 5.95 Å². The number of nitrogens with zero attached hydrogens (tertiary/aromatic N) is 5. The van der Waals surface area contributed by atoms with Crippen LogP contribution in [0.5, 0.6) is 0 Å². The Labute approximate surface area is 274 Å². The number of halogens is 3. The van der Waals surface area contributed by atoms with Crippen LogP contribution in [0.3, 0.4) is 0 Å². The maximum Gasteiger partial charge on any atom is 0.419 e. The second-order valence-electron chi connectivity index (χ2n) is 12.6. The summed E-state index contributed by atoms with van der Waals surface area (Å²) in [7, 11) is -4.27. The third kappa shape index (κ3) is 6.59. The van der Waals surface area contributed by atoms with Crippen LogP contribution in [0.4, 0.5) is 23.9 Å². The summed E-state index contributed by atoms with van der Waals surface area (Å²) in [5, 5.41) is 7.19. The van der Waals surface area contributed by atoms with Gasteiger partial charge in [-0.15, -0.1) is 0 Å². The summed E-state index contributed by atoms with van der Waals surface area (Å²) in [5.41, 5.74) is -0.543. The van der Waals surface area contributed by atoms with Crippen LogP contribution in [0.2, 0.25) is 0 Å². The third-order valence-corrected chi connectivity index (χ3v) is 9.58. The summed E-state index contributed by atoms with van der Waals surface area (Å²) in [4.78, 5) is 22.5. The Balaban J connectivity index is 1.46. The predicted molar refractivity (Wildman–Crippen MR) is 172 cm³/mol. The molecule has 1 aliphatic heterocycles. The minimum absolute atomic E-state index is 0.0482. The van der Waals surface area contributed by atoms with Gasteiger partial charge in [0.15, 0.2) is 0 Å². The quantitative estimate of drug-likeness (QED) is 0.199. The molecule has 1 aliphatic rings. The molecule has 252 valence electrons. The molecule has 1 N–H and O–H groups in total. The van der Waals surface area contributed by atoms with Crippen molar-refractivity contribution in [1.82, 2.24) is 24.0 Å². The number of fused-ring (bicyclic) bond motifs is 1. The summed E-state index contributed by atoms with van der Waals surface area (Å²) in [5.74, 6) is -0.0995. The molecule has 15 heteroatoms. The van der Waals surface area contributed by atoms with E-state index in [-0.39, 0.29) is 39.9 Å². The van der Waals surface area contributed by atoms with Gasteiger partial charge < -0.3 is 19.5 Å². The van der Waals surface area contributed by atoms with Gasteiger partial charge in [-0.3, -0.25) is 0 Å². The topological polar surface area (TPSA) is 132 Å². The van der Waals surface area contributed by atoms with Gasteiger partial charge >= 0.3 is 12.3 Å². The highest BCUT2D eigenvalue weighted by Crippen LogP contribution is 2.41. The Bertz CT molecular complexity index is 2090. The summed E-state index contributed by atoms with van der Waals surface area (Å²) < 4.78 is 83.0. The smallest absolute Gasteiger partial charge is 0.419 e. The average Bonchev–Trinajstić information content (AvgIpc) is 3.64. The fraction of sp³-hybridized carbons (Fsp3) is 0.333. The van der Waals surface area contributed by atoms with Crippen molar-refractivity contribution in [3.8, 4) is 22.4 Å². The molecule has 0 bridgehead atoms. The molecule has 48 heavy (non-hydrogen) atoms. The molecule has 0 spiro atoms. The third-order valence-electron chi connectivity index (χ3n) is 7.89. The van der Waals surface area contributed by atoms with Crippen LogP contribution >= 0.6 is 0 Å². The van der Waals surface area contributed by atoms with E-state index in [1.807, 2.05) is 0 Å². The van der Waals surface area contributed by atoms with E-state index >= 15 is 0 Å². The van der Waals surface area contributed by atoms with E-state index in [1.165, 1.54) is 23.3 Å². The summed E-state index contributed by atoms with van der Waals surface area (Å²) in [6.07, 6.45) is -0.862. The van der Waals surface area contributed by atoms with Crippen LogP contribution in [-0.4, -0.2) is 63.2 Å². The number of nitrogens with one attached hydrogen (secondary N) is 1. The zero-order chi connectivity index (χ0) is 34.4. The maximum absolute atomic E-state index is 14.5. The van der Waals surface area contributed by atoms with Crippen LogP contribution < -0.4 is 5.32 Å². The first-order valence-electron chi connectivity index (χ1n) is 15.2. The van der Waals surface area contributed by atoms with Crippen molar-refractivity contribution in [3.63, 3.8) is 0 Å². The van der Waals surface area contributed by atoms with E-state index in [0.717, 1.165) is 10.2 Å². The zero-order valence-electron chi connectivity index (χ0n) is 26.6. The first-order valence-corrected chi connectivity index (χ1v) is 16.6. The molecule has 3 aromatic heterocycles. The average molecular weight is 683 g/mol. The van der Waals surface area contributed by atoms with E-state index in [4.69, 9.17) is 9.26 Å². The lowest BCUT2D eigenvalue weighted by atomic mass is 10.0. The summed E-state index contributed by atoms with van der Waals surface area (Å²) in [6.45, 7) is 7.72. The van der Waals surface area contributed by atoms with Gasteiger partial charge in [0.25, 0.3) is 10.0 Å². The SMILES string of the molecule is Cc1nocc1-c1ccc2c(-c3nc(N[C@H]4CCCN(C(=O)OC(C)(C)C)C4)ncc3C(F)(F)F)cn(S(=O)(=O)c3ccccc3)c2c1.